The molecule has 0 saturated carbocycles. The highest BCUT2D eigenvalue weighted by molar-refractivity contribution is 5.95. The monoisotopic (exact) mass is 277 g/mol. The maximum atomic E-state index is 12.5. The lowest BCUT2D eigenvalue weighted by atomic mass is 10.1. The smallest absolute Gasteiger partial charge is 0.254 e. The number of pyridine rings is 1. The Morgan fingerprint density at radius 1 is 1.30 bits per heavy atom. The Bertz CT molecular complexity index is 455. The van der Waals surface area contributed by atoms with Crippen LogP contribution in [0.4, 0.5) is 5.82 Å². The van der Waals surface area contributed by atoms with Gasteiger partial charge in [-0.15, -0.1) is 0 Å². The zero-order valence-corrected chi connectivity index (χ0v) is 13.5. The first-order valence-electron chi connectivity index (χ1n) is 7.39. The minimum absolute atomic E-state index is 0.0452. The lowest BCUT2D eigenvalue weighted by molar-refractivity contribution is 0.0754. The predicted molar refractivity (Wildman–Crippen MR) is 84.3 cm³/mol. The van der Waals surface area contributed by atoms with Crippen molar-refractivity contribution < 1.29 is 4.79 Å². The molecule has 4 nitrogen and oxygen atoms in total. The molecule has 0 atom stereocenters. The molecular weight excluding hydrogens is 250 g/mol. The molecule has 0 saturated heterocycles. The molecular formula is C16H27N3O. The van der Waals surface area contributed by atoms with Crippen LogP contribution in [0, 0.1) is 0 Å². The molecule has 0 fully saturated rings. The Hall–Kier alpha value is -1.58. The van der Waals surface area contributed by atoms with E-state index in [1.807, 2.05) is 33.0 Å². The van der Waals surface area contributed by atoms with Crippen molar-refractivity contribution in [3.63, 3.8) is 0 Å². The third-order valence-electron chi connectivity index (χ3n) is 3.33. The van der Waals surface area contributed by atoms with Crippen LogP contribution >= 0.6 is 0 Å². The van der Waals surface area contributed by atoms with E-state index in [9.17, 15) is 4.79 Å². The maximum absolute atomic E-state index is 12.5. The topological polar surface area (TPSA) is 45.2 Å². The van der Waals surface area contributed by atoms with E-state index in [-0.39, 0.29) is 11.9 Å². The summed E-state index contributed by atoms with van der Waals surface area (Å²) in [7, 11) is 1.83. The zero-order chi connectivity index (χ0) is 15.3. The summed E-state index contributed by atoms with van der Waals surface area (Å²) in [5, 5.41) is 3.27. The average molecular weight is 277 g/mol. The minimum atomic E-state index is 0.0452. The Labute approximate surface area is 122 Å². The third kappa shape index (κ3) is 4.22. The second-order valence-corrected chi connectivity index (χ2v) is 5.76. The van der Waals surface area contributed by atoms with E-state index < -0.39 is 0 Å². The first-order chi connectivity index (χ1) is 9.36. The molecule has 1 aromatic rings. The van der Waals surface area contributed by atoms with Gasteiger partial charge in [0.15, 0.2) is 0 Å². The standard InChI is InChI=1S/C16H27N3O/c1-7-8-17-15-10-13(9-14(18-15)11(2)3)16(20)19(6)12(4)5/h9-12H,7-8H2,1-6H3,(H,17,18). The molecule has 0 aromatic carbocycles. The second kappa shape index (κ2) is 7.27. The maximum Gasteiger partial charge on any atom is 0.254 e. The molecule has 20 heavy (non-hydrogen) atoms. The fourth-order valence-electron chi connectivity index (χ4n) is 1.75. The van der Waals surface area contributed by atoms with Crippen LogP contribution in [0.1, 0.15) is 63.0 Å². The number of aromatic nitrogens is 1. The molecule has 0 bridgehead atoms. The molecule has 0 unspecified atom stereocenters. The molecule has 0 aliphatic rings. The van der Waals surface area contributed by atoms with Crippen LogP contribution in [0.25, 0.3) is 0 Å². The van der Waals surface area contributed by atoms with Gasteiger partial charge in [0, 0.05) is 30.9 Å². The van der Waals surface area contributed by atoms with Crippen molar-refractivity contribution in [3.8, 4) is 0 Å². The molecule has 4 heteroatoms. The highest BCUT2D eigenvalue weighted by atomic mass is 16.2. The molecule has 1 rings (SSSR count). The summed E-state index contributed by atoms with van der Waals surface area (Å²) in [5.41, 5.74) is 1.66. The number of nitrogens with one attached hydrogen (secondary N) is 1. The molecule has 1 amide bonds. The van der Waals surface area contributed by atoms with Gasteiger partial charge < -0.3 is 10.2 Å². The quantitative estimate of drug-likeness (QED) is 0.865. The van der Waals surface area contributed by atoms with Crippen molar-refractivity contribution in [1.29, 1.82) is 0 Å². The van der Waals surface area contributed by atoms with Gasteiger partial charge in [-0.2, -0.15) is 0 Å². The Balaban J connectivity index is 3.11. The van der Waals surface area contributed by atoms with Crippen LogP contribution in [-0.2, 0) is 0 Å². The zero-order valence-electron chi connectivity index (χ0n) is 13.5. The number of amides is 1. The predicted octanol–water partition coefficient (Wildman–Crippen LogP) is 3.51. The highest BCUT2D eigenvalue weighted by Gasteiger charge is 2.17. The molecule has 1 heterocycles. The number of hydrogen-bond acceptors (Lipinski definition) is 3. The number of rotatable bonds is 6. The number of hydrogen-bond donors (Lipinski definition) is 1. The van der Waals surface area contributed by atoms with Crippen molar-refractivity contribution >= 4 is 11.7 Å². The van der Waals surface area contributed by atoms with Gasteiger partial charge in [-0.25, -0.2) is 4.98 Å². The van der Waals surface area contributed by atoms with Gasteiger partial charge >= 0.3 is 0 Å². The van der Waals surface area contributed by atoms with Crippen molar-refractivity contribution in [3.05, 3.63) is 23.4 Å². The van der Waals surface area contributed by atoms with E-state index in [1.165, 1.54) is 0 Å². The number of nitrogens with zero attached hydrogens (tertiary/aromatic N) is 2. The lowest BCUT2D eigenvalue weighted by Crippen LogP contribution is -2.33. The average Bonchev–Trinajstić information content (AvgIpc) is 2.42. The van der Waals surface area contributed by atoms with Crippen molar-refractivity contribution in [2.75, 3.05) is 18.9 Å². The second-order valence-electron chi connectivity index (χ2n) is 5.76. The van der Waals surface area contributed by atoms with Crippen LogP contribution < -0.4 is 5.32 Å². The van der Waals surface area contributed by atoms with E-state index in [4.69, 9.17) is 0 Å². The van der Waals surface area contributed by atoms with Crippen molar-refractivity contribution in [2.45, 2.75) is 53.0 Å². The summed E-state index contributed by atoms with van der Waals surface area (Å²) < 4.78 is 0. The van der Waals surface area contributed by atoms with Crippen LogP contribution in [0.2, 0.25) is 0 Å². The van der Waals surface area contributed by atoms with Gasteiger partial charge in [0.25, 0.3) is 5.91 Å². The van der Waals surface area contributed by atoms with E-state index in [2.05, 4.69) is 31.1 Å². The summed E-state index contributed by atoms with van der Waals surface area (Å²) in [5.74, 6) is 1.14. The molecule has 0 aliphatic heterocycles. The van der Waals surface area contributed by atoms with Gasteiger partial charge in [0.2, 0.25) is 0 Å². The normalized spacial score (nSPS) is 11.0. The van der Waals surface area contributed by atoms with Gasteiger partial charge in [-0.3, -0.25) is 4.79 Å². The summed E-state index contributed by atoms with van der Waals surface area (Å²) in [6, 6.07) is 3.94. The number of carbonyl (C=O) groups is 1. The van der Waals surface area contributed by atoms with Crippen molar-refractivity contribution in [2.24, 2.45) is 0 Å². The van der Waals surface area contributed by atoms with E-state index in [0.717, 1.165) is 24.5 Å². The molecule has 112 valence electrons. The largest absolute Gasteiger partial charge is 0.370 e. The van der Waals surface area contributed by atoms with Gasteiger partial charge in [0.1, 0.15) is 5.82 Å². The van der Waals surface area contributed by atoms with Gasteiger partial charge in [-0.05, 0) is 38.3 Å². The van der Waals surface area contributed by atoms with Gasteiger partial charge in [0.05, 0.1) is 0 Å². The SMILES string of the molecule is CCCNc1cc(C(=O)N(C)C(C)C)cc(C(C)C)n1. The van der Waals surface area contributed by atoms with E-state index in [1.54, 1.807) is 4.90 Å². The Morgan fingerprint density at radius 3 is 2.45 bits per heavy atom. The number of anilines is 1. The first-order valence-corrected chi connectivity index (χ1v) is 7.39. The van der Waals surface area contributed by atoms with Crippen LogP contribution in [0.3, 0.4) is 0 Å². The molecule has 1 N–H and O–H groups in total. The summed E-state index contributed by atoms with van der Waals surface area (Å²) in [4.78, 5) is 18.8. The van der Waals surface area contributed by atoms with Gasteiger partial charge in [-0.1, -0.05) is 20.8 Å². The Kier molecular flexibility index (Phi) is 5.99. The molecule has 0 aliphatic carbocycles. The first kappa shape index (κ1) is 16.5. The Morgan fingerprint density at radius 2 is 1.95 bits per heavy atom. The molecule has 0 radical (unpaired) electrons. The van der Waals surface area contributed by atoms with E-state index >= 15 is 0 Å². The highest BCUT2D eigenvalue weighted by Crippen LogP contribution is 2.19. The summed E-state index contributed by atoms with van der Waals surface area (Å²) >= 11 is 0. The molecule has 1 aromatic heterocycles. The van der Waals surface area contributed by atoms with Crippen molar-refractivity contribution in [1.82, 2.24) is 9.88 Å². The molecule has 0 spiro atoms. The van der Waals surface area contributed by atoms with Crippen LogP contribution in [0.5, 0.6) is 0 Å². The fourth-order valence-corrected chi connectivity index (χ4v) is 1.75. The fraction of sp³-hybridized carbons (Fsp3) is 0.625. The minimum Gasteiger partial charge on any atom is -0.370 e. The van der Waals surface area contributed by atoms with E-state index in [0.29, 0.717) is 11.5 Å². The summed E-state index contributed by atoms with van der Waals surface area (Å²) in [6.45, 7) is 11.2. The van der Waals surface area contributed by atoms with Crippen LogP contribution in [0.15, 0.2) is 12.1 Å². The summed E-state index contributed by atoms with van der Waals surface area (Å²) in [6.07, 6.45) is 1.03. The number of carbonyl (C=O) groups excluding carboxylic acids is 1. The lowest BCUT2D eigenvalue weighted by Gasteiger charge is -2.22. The van der Waals surface area contributed by atoms with Crippen LogP contribution in [-0.4, -0.2) is 35.4 Å². The third-order valence-corrected chi connectivity index (χ3v) is 3.33.